The summed E-state index contributed by atoms with van der Waals surface area (Å²) in [5.41, 5.74) is 1.83. The summed E-state index contributed by atoms with van der Waals surface area (Å²) < 4.78 is 27.1. The van der Waals surface area contributed by atoms with Crippen LogP contribution in [0.25, 0.3) is 0 Å². The molecule has 1 atom stereocenters. The number of hydrogen-bond donors (Lipinski definition) is 3. The summed E-state index contributed by atoms with van der Waals surface area (Å²) in [7, 11) is -3.79. The number of amides is 1. The van der Waals surface area contributed by atoms with E-state index in [2.05, 4.69) is 10.0 Å². The van der Waals surface area contributed by atoms with Gasteiger partial charge in [0.05, 0.1) is 17.4 Å². The lowest BCUT2D eigenvalue weighted by molar-refractivity contribution is -0.115. The van der Waals surface area contributed by atoms with Gasteiger partial charge in [-0.1, -0.05) is 23.7 Å². The monoisotopic (exact) mass is 366 g/mol. The maximum absolute atomic E-state index is 12.4. The Morgan fingerprint density at radius 3 is 2.62 bits per heavy atom. The molecule has 1 aliphatic heterocycles. The van der Waals surface area contributed by atoms with E-state index in [4.69, 9.17) is 11.6 Å². The Morgan fingerprint density at radius 1 is 1.21 bits per heavy atom. The van der Waals surface area contributed by atoms with Gasteiger partial charge in [-0.05, 0) is 41.5 Å². The van der Waals surface area contributed by atoms with E-state index in [0.717, 1.165) is 0 Å². The average molecular weight is 367 g/mol. The van der Waals surface area contributed by atoms with E-state index in [1.54, 1.807) is 30.3 Å². The topological polar surface area (TPSA) is 95.5 Å². The normalized spacial score (nSPS) is 15.0. The second kappa shape index (κ2) is 6.52. The highest BCUT2D eigenvalue weighted by Gasteiger charge is 2.22. The molecule has 2 aromatic carbocycles. The molecule has 1 aliphatic rings. The number of aliphatic hydroxyl groups excluding tert-OH is 1. The third-order valence-electron chi connectivity index (χ3n) is 3.73. The number of carbonyl (C=O) groups excluding carboxylic acids is 1. The standard InChI is InChI=1S/C16H15ClN2O4S/c17-12-3-1-10(2-4-12)15(20)9-18-24(22,23)13-5-6-14-11(7-13)8-16(21)19-14/h1-7,15,18,20H,8-9H2,(H,19,21). The fourth-order valence-electron chi connectivity index (χ4n) is 2.45. The second-order valence-corrected chi connectivity index (χ2v) is 7.67. The molecule has 24 heavy (non-hydrogen) atoms. The van der Waals surface area contributed by atoms with Crippen molar-refractivity contribution in [1.82, 2.24) is 4.72 Å². The van der Waals surface area contributed by atoms with Gasteiger partial charge in [0.15, 0.2) is 0 Å². The van der Waals surface area contributed by atoms with E-state index in [9.17, 15) is 18.3 Å². The van der Waals surface area contributed by atoms with E-state index >= 15 is 0 Å². The van der Waals surface area contributed by atoms with Crippen LogP contribution in [0.3, 0.4) is 0 Å². The lowest BCUT2D eigenvalue weighted by Gasteiger charge is -2.13. The van der Waals surface area contributed by atoms with E-state index in [1.807, 2.05) is 0 Å². The summed E-state index contributed by atoms with van der Waals surface area (Å²) >= 11 is 5.78. The van der Waals surface area contributed by atoms with Crippen molar-refractivity contribution in [2.45, 2.75) is 17.4 Å². The van der Waals surface area contributed by atoms with Crippen LogP contribution in [0.5, 0.6) is 0 Å². The lowest BCUT2D eigenvalue weighted by Crippen LogP contribution is -2.28. The number of aliphatic hydroxyl groups is 1. The lowest BCUT2D eigenvalue weighted by atomic mass is 10.1. The van der Waals surface area contributed by atoms with Gasteiger partial charge in [0.25, 0.3) is 0 Å². The number of hydrogen-bond acceptors (Lipinski definition) is 4. The van der Waals surface area contributed by atoms with Crippen LogP contribution in [0.1, 0.15) is 17.2 Å². The highest BCUT2D eigenvalue weighted by Crippen LogP contribution is 2.26. The number of fused-ring (bicyclic) bond motifs is 1. The van der Waals surface area contributed by atoms with Crippen molar-refractivity contribution in [3.8, 4) is 0 Å². The molecule has 0 aliphatic carbocycles. The molecule has 1 amide bonds. The first-order chi connectivity index (χ1) is 11.3. The van der Waals surface area contributed by atoms with Crippen molar-refractivity contribution in [3.63, 3.8) is 0 Å². The van der Waals surface area contributed by atoms with Gasteiger partial charge >= 0.3 is 0 Å². The Morgan fingerprint density at radius 2 is 1.92 bits per heavy atom. The van der Waals surface area contributed by atoms with Crippen molar-refractivity contribution in [3.05, 3.63) is 58.6 Å². The Labute approximate surface area is 144 Å². The maximum atomic E-state index is 12.4. The maximum Gasteiger partial charge on any atom is 0.240 e. The summed E-state index contributed by atoms with van der Waals surface area (Å²) in [6.45, 7) is -0.168. The molecule has 3 rings (SSSR count). The Kier molecular flexibility index (Phi) is 4.60. The SMILES string of the molecule is O=C1Cc2cc(S(=O)(=O)NCC(O)c3ccc(Cl)cc3)ccc2N1. The molecule has 0 fully saturated rings. The van der Waals surface area contributed by atoms with Crippen LogP contribution < -0.4 is 10.0 Å². The molecule has 6 nitrogen and oxygen atoms in total. The number of benzene rings is 2. The summed E-state index contributed by atoms with van der Waals surface area (Å²) in [4.78, 5) is 11.4. The molecule has 0 saturated carbocycles. The van der Waals surface area contributed by atoms with Gasteiger partial charge in [0, 0.05) is 17.3 Å². The van der Waals surface area contributed by atoms with Crippen LogP contribution in [0.4, 0.5) is 5.69 Å². The van der Waals surface area contributed by atoms with E-state index in [-0.39, 0.29) is 23.8 Å². The van der Waals surface area contributed by atoms with E-state index < -0.39 is 16.1 Å². The minimum atomic E-state index is -3.79. The third-order valence-corrected chi connectivity index (χ3v) is 5.41. The molecular formula is C16H15ClN2O4S. The third kappa shape index (κ3) is 3.59. The Hall–Kier alpha value is -1.93. The number of halogens is 1. The molecule has 0 aromatic heterocycles. The Balaban J connectivity index is 1.71. The molecule has 8 heteroatoms. The Bertz CT molecular complexity index is 881. The van der Waals surface area contributed by atoms with Gasteiger partial charge in [0.2, 0.25) is 15.9 Å². The number of rotatable bonds is 5. The molecule has 0 spiro atoms. The molecule has 0 radical (unpaired) electrons. The molecule has 0 bridgehead atoms. The molecule has 3 N–H and O–H groups in total. The summed E-state index contributed by atoms with van der Waals surface area (Å²) in [5.74, 6) is -0.161. The van der Waals surface area contributed by atoms with Crippen LogP contribution in [0.2, 0.25) is 5.02 Å². The first-order valence-electron chi connectivity index (χ1n) is 7.21. The zero-order valence-corrected chi connectivity index (χ0v) is 14.1. The van der Waals surface area contributed by atoms with Crippen molar-refractivity contribution in [2.24, 2.45) is 0 Å². The largest absolute Gasteiger partial charge is 0.387 e. The van der Waals surface area contributed by atoms with E-state index in [0.29, 0.717) is 21.8 Å². The van der Waals surface area contributed by atoms with Crippen molar-refractivity contribution >= 4 is 33.2 Å². The fourth-order valence-corrected chi connectivity index (χ4v) is 3.66. The van der Waals surface area contributed by atoms with Gasteiger partial charge in [0.1, 0.15) is 0 Å². The number of nitrogens with one attached hydrogen (secondary N) is 2. The predicted octanol–water partition coefficient (Wildman–Crippen LogP) is 1.85. The van der Waals surface area contributed by atoms with Crippen LogP contribution in [-0.2, 0) is 21.2 Å². The van der Waals surface area contributed by atoms with Crippen molar-refractivity contribution in [2.75, 3.05) is 11.9 Å². The molecule has 126 valence electrons. The molecule has 2 aromatic rings. The van der Waals surface area contributed by atoms with Crippen LogP contribution in [0.15, 0.2) is 47.4 Å². The molecule has 1 heterocycles. The van der Waals surface area contributed by atoms with Gasteiger partial charge in [-0.3, -0.25) is 4.79 Å². The molecule has 0 saturated heterocycles. The van der Waals surface area contributed by atoms with Gasteiger partial charge in [-0.15, -0.1) is 0 Å². The molecule has 1 unspecified atom stereocenters. The summed E-state index contributed by atoms with van der Waals surface area (Å²) in [5, 5.41) is 13.3. The minimum Gasteiger partial charge on any atom is -0.387 e. The second-order valence-electron chi connectivity index (χ2n) is 5.46. The zero-order chi connectivity index (χ0) is 17.3. The first kappa shape index (κ1) is 16.9. The van der Waals surface area contributed by atoms with E-state index in [1.165, 1.54) is 12.1 Å². The summed E-state index contributed by atoms with van der Waals surface area (Å²) in [6, 6.07) is 11.0. The van der Waals surface area contributed by atoms with Crippen LogP contribution >= 0.6 is 11.6 Å². The van der Waals surface area contributed by atoms with Crippen molar-refractivity contribution < 1.29 is 18.3 Å². The average Bonchev–Trinajstić information content (AvgIpc) is 2.92. The number of carbonyl (C=O) groups is 1. The van der Waals surface area contributed by atoms with Gasteiger partial charge in [-0.25, -0.2) is 13.1 Å². The van der Waals surface area contributed by atoms with Gasteiger partial charge in [-0.2, -0.15) is 0 Å². The highest BCUT2D eigenvalue weighted by molar-refractivity contribution is 7.89. The smallest absolute Gasteiger partial charge is 0.240 e. The number of anilines is 1. The zero-order valence-electron chi connectivity index (χ0n) is 12.5. The number of sulfonamides is 1. The quantitative estimate of drug-likeness (QED) is 0.752. The van der Waals surface area contributed by atoms with Crippen molar-refractivity contribution in [1.29, 1.82) is 0 Å². The first-order valence-corrected chi connectivity index (χ1v) is 9.07. The highest BCUT2D eigenvalue weighted by atomic mass is 35.5. The summed E-state index contributed by atoms with van der Waals surface area (Å²) in [6.07, 6.45) is -0.832. The van der Waals surface area contributed by atoms with Crippen LogP contribution in [-0.4, -0.2) is 26.0 Å². The fraction of sp³-hybridized carbons (Fsp3) is 0.188. The molecular weight excluding hydrogens is 352 g/mol. The van der Waals surface area contributed by atoms with Gasteiger partial charge < -0.3 is 10.4 Å². The minimum absolute atomic E-state index is 0.0565. The van der Waals surface area contributed by atoms with Crippen LogP contribution in [0, 0.1) is 0 Å². The predicted molar refractivity (Wildman–Crippen MR) is 90.4 cm³/mol.